The number of hydrogen-bond acceptors (Lipinski definition) is 6. The summed E-state index contributed by atoms with van der Waals surface area (Å²) in [6.07, 6.45) is -2.11. The standard InChI is InChI=1S/C22H22FN3O5/c1-30-19(28)17-11-22(23)15-9-5-6-10-16(15)25-20(22)26(17)18(27)12-24-21(29)31-13-14-7-3-2-4-8-14/h2-10,17,20,25H,11-13H2,1H3,(H,24,29)/t17-,20?,22?/m0/s1. The number of ether oxygens (including phenoxy) is 2. The third-order valence-electron chi connectivity index (χ3n) is 5.56. The lowest BCUT2D eigenvalue weighted by Gasteiger charge is -2.29. The van der Waals surface area contributed by atoms with Gasteiger partial charge in [0.2, 0.25) is 5.91 Å². The maximum Gasteiger partial charge on any atom is 0.407 e. The van der Waals surface area contributed by atoms with E-state index in [0.29, 0.717) is 11.3 Å². The molecule has 1 fully saturated rings. The van der Waals surface area contributed by atoms with Crippen LogP contribution >= 0.6 is 0 Å². The summed E-state index contributed by atoms with van der Waals surface area (Å²) in [6, 6.07) is 14.8. The number of nitrogens with one attached hydrogen (secondary N) is 2. The van der Waals surface area contributed by atoms with Crippen LogP contribution in [-0.4, -0.2) is 48.7 Å². The Morgan fingerprint density at radius 2 is 1.87 bits per heavy atom. The quantitative estimate of drug-likeness (QED) is 0.711. The average Bonchev–Trinajstić information content (AvgIpc) is 3.24. The summed E-state index contributed by atoms with van der Waals surface area (Å²) in [7, 11) is 1.19. The molecule has 2 aliphatic heterocycles. The number of alkyl carbamates (subject to hydrolysis) is 1. The highest BCUT2D eigenvalue weighted by molar-refractivity contribution is 5.89. The first-order valence-electron chi connectivity index (χ1n) is 9.82. The molecule has 4 rings (SSSR count). The summed E-state index contributed by atoms with van der Waals surface area (Å²) in [6.45, 7) is -0.409. The molecule has 2 N–H and O–H groups in total. The van der Waals surface area contributed by atoms with Crippen molar-refractivity contribution in [2.45, 2.75) is 30.9 Å². The van der Waals surface area contributed by atoms with Crippen LogP contribution in [0.4, 0.5) is 14.9 Å². The molecule has 9 heteroatoms. The van der Waals surface area contributed by atoms with Crippen LogP contribution in [0.2, 0.25) is 0 Å². The molecule has 162 valence electrons. The van der Waals surface area contributed by atoms with Gasteiger partial charge in [0, 0.05) is 17.7 Å². The van der Waals surface area contributed by atoms with Crippen molar-refractivity contribution in [3.63, 3.8) is 0 Å². The van der Waals surface area contributed by atoms with E-state index in [0.717, 1.165) is 10.5 Å². The lowest BCUT2D eigenvalue weighted by molar-refractivity contribution is -0.151. The summed E-state index contributed by atoms with van der Waals surface area (Å²) in [5.74, 6) is -1.34. The number of carbonyl (C=O) groups is 3. The average molecular weight is 427 g/mol. The largest absolute Gasteiger partial charge is 0.467 e. The molecule has 0 radical (unpaired) electrons. The Morgan fingerprint density at radius 1 is 1.16 bits per heavy atom. The molecule has 2 heterocycles. The molecule has 8 nitrogen and oxygen atoms in total. The van der Waals surface area contributed by atoms with Crippen LogP contribution in [0.3, 0.4) is 0 Å². The molecule has 0 bridgehead atoms. The number of halogens is 1. The van der Waals surface area contributed by atoms with E-state index in [4.69, 9.17) is 9.47 Å². The zero-order valence-corrected chi connectivity index (χ0v) is 16.8. The fourth-order valence-corrected chi connectivity index (χ4v) is 4.12. The number of esters is 1. The summed E-state index contributed by atoms with van der Waals surface area (Å²) in [4.78, 5) is 38.3. The lowest BCUT2D eigenvalue weighted by Crippen LogP contribution is -2.52. The van der Waals surface area contributed by atoms with Crippen LogP contribution in [0.5, 0.6) is 0 Å². The van der Waals surface area contributed by atoms with Crippen molar-refractivity contribution in [1.29, 1.82) is 0 Å². The molecular weight excluding hydrogens is 405 g/mol. The molecule has 0 aliphatic carbocycles. The van der Waals surface area contributed by atoms with Gasteiger partial charge in [0.1, 0.15) is 25.4 Å². The molecular formula is C22H22FN3O5. The SMILES string of the molecule is COC(=O)[C@@H]1CC2(F)c3ccccc3NC2N1C(=O)CNC(=O)OCc1ccccc1. The van der Waals surface area contributed by atoms with E-state index in [9.17, 15) is 14.4 Å². The first kappa shape index (κ1) is 20.6. The van der Waals surface area contributed by atoms with Crippen molar-refractivity contribution in [2.75, 3.05) is 19.0 Å². The second-order valence-electron chi connectivity index (χ2n) is 7.41. The second-order valence-corrected chi connectivity index (χ2v) is 7.41. The smallest absolute Gasteiger partial charge is 0.407 e. The maximum absolute atomic E-state index is 16.0. The number of alkyl halides is 1. The third-order valence-corrected chi connectivity index (χ3v) is 5.56. The van der Waals surface area contributed by atoms with E-state index in [1.54, 1.807) is 36.4 Å². The predicted octanol–water partition coefficient (Wildman–Crippen LogP) is 2.30. The number of fused-ring (bicyclic) bond motifs is 3. The molecule has 0 spiro atoms. The minimum absolute atomic E-state index is 0.0441. The number of methoxy groups -OCH3 is 1. The van der Waals surface area contributed by atoms with Crippen molar-refractivity contribution in [3.05, 3.63) is 65.7 Å². The lowest BCUT2D eigenvalue weighted by atomic mass is 9.93. The minimum Gasteiger partial charge on any atom is -0.467 e. The zero-order valence-electron chi connectivity index (χ0n) is 16.8. The van der Waals surface area contributed by atoms with E-state index in [-0.39, 0.29) is 13.0 Å². The highest BCUT2D eigenvalue weighted by Crippen LogP contribution is 2.52. The van der Waals surface area contributed by atoms with Crippen LogP contribution in [0, 0.1) is 0 Å². The molecule has 3 atom stereocenters. The van der Waals surface area contributed by atoms with Gasteiger partial charge >= 0.3 is 12.1 Å². The number of anilines is 1. The van der Waals surface area contributed by atoms with E-state index in [1.165, 1.54) is 7.11 Å². The molecule has 0 aromatic heterocycles. The van der Waals surface area contributed by atoms with Gasteiger partial charge in [-0.05, 0) is 11.6 Å². The number of rotatable bonds is 5. The van der Waals surface area contributed by atoms with E-state index in [1.807, 2.05) is 18.2 Å². The molecule has 2 aromatic carbocycles. The predicted molar refractivity (Wildman–Crippen MR) is 109 cm³/mol. The molecule has 31 heavy (non-hydrogen) atoms. The van der Waals surface area contributed by atoms with Crippen LogP contribution < -0.4 is 10.6 Å². The highest BCUT2D eigenvalue weighted by Gasteiger charge is 2.62. The van der Waals surface area contributed by atoms with Gasteiger partial charge < -0.3 is 25.0 Å². The first-order valence-corrected chi connectivity index (χ1v) is 9.82. The van der Waals surface area contributed by atoms with Crippen molar-refractivity contribution in [2.24, 2.45) is 0 Å². The van der Waals surface area contributed by atoms with Gasteiger partial charge in [-0.15, -0.1) is 0 Å². The van der Waals surface area contributed by atoms with Crippen molar-refractivity contribution < 1.29 is 28.2 Å². The van der Waals surface area contributed by atoms with Crippen LogP contribution in [-0.2, 0) is 31.3 Å². The van der Waals surface area contributed by atoms with Gasteiger partial charge in [-0.25, -0.2) is 14.0 Å². The normalized spacial score (nSPS) is 23.4. The summed E-state index contributed by atoms with van der Waals surface area (Å²) in [5.41, 5.74) is -0.200. The number of hydrogen-bond donors (Lipinski definition) is 2. The summed E-state index contributed by atoms with van der Waals surface area (Å²) < 4.78 is 25.9. The van der Waals surface area contributed by atoms with Crippen molar-refractivity contribution in [3.8, 4) is 0 Å². The minimum atomic E-state index is -1.95. The van der Waals surface area contributed by atoms with Gasteiger partial charge in [-0.2, -0.15) is 0 Å². The number of carbonyl (C=O) groups excluding carboxylic acids is 3. The Hall–Kier alpha value is -3.62. The highest BCUT2D eigenvalue weighted by atomic mass is 19.1. The van der Waals surface area contributed by atoms with Crippen LogP contribution in [0.15, 0.2) is 54.6 Å². The van der Waals surface area contributed by atoms with Crippen molar-refractivity contribution >= 4 is 23.7 Å². The Labute approximate surface area is 178 Å². The van der Waals surface area contributed by atoms with Gasteiger partial charge in [-0.3, -0.25) is 4.79 Å². The van der Waals surface area contributed by atoms with Gasteiger partial charge in [-0.1, -0.05) is 48.5 Å². The number of likely N-dealkylation sites (tertiary alicyclic amines) is 1. The molecule has 1 saturated heterocycles. The van der Waals surface area contributed by atoms with E-state index < -0.39 is 42.4 Å². The Morgan fingerprint density at radius 3 is 2.61 bits per heavy atom. The fourth-order valence-electron chi connectivity index (χ4n) is 4.12. The number of amides is 2. The maximum atomic E-state index is 16.0. The van der Waals surface area contributed by atoms with Gasteiger partial charge in [0.15, 0.2) is 5.67 Å². The molecule has 2 amide bonds. The molecule has 0 saturated carbocycles. The number of para-hydroxylation sites is 1. The summed E-state index contributed by atoms with van der Waals surface area (Å²) in [5, 5.41) is 5.36. The van der Waals surface area contributed by atoms with E-state index >= 15 is 4.39 Å². The Balaban J connectivity index is 1.44. The zero-order chi connectivity index (χ0) is 22.0. The van der Waals surface area contributed by atoms with Crippen LogP contribution in [0.1, 0.15) is 17.5 Å². The molecule has 2 aliphatic rings. The second kappa shape index (κ2) is 8.25. The van der Waals surface area contributed by atoms with Crippen molar-refractivity contribution in [1.82, 2.24) is 10.2 Å². The van der Waals surface area contributed by atoms with Gasteiger partial charge in [0.05, 0.1) is 7.11 Å². The molecule has 2 unspecified atom stereocenters. The first-order chi connectivity index (χ1) is 14.9. The summed E-state index contributed by atoms with van der Waals surface area (Å²) >= 11 is 0. The third kappa shape index (κ3) is 3.78. The fraction of sp³-hybridized carbons (Fsp3) is 0.318. The number of benzene rings is 2. The molecule has 2 aromatic rings. The monoisotopic (exact) mass is 427 g/mol. The number of nitrogens with zero attached hydrogens (tertiary/aromatic N) is 1. The Kier molecular flexibility index (Phi) is 5.50. The van der Waals surface area contributed by atoms with E-state index in [2.05, 4.69) is 10.6 Å². The van der Waals surface area contributed by atoms with Gasteiger partial charge in [0.25, 0.3) is 0 Å². The van der Waals surface area contributed by atoms with Crippen LogP contribution in [0.25, 0.3) is 0 Å². The topological polar surface area (TPSA) is 97.0 Å². The Bertz CT molecular complexity index is 1000.